The van der Waals surface area contributed by atoms with Gasteiger partial charge in [-0.15, -0.1) is 0 Å². The second-order valence-electron chi connectivity index (χ2n) is 2.92. The van der Waals surface area contributed by atoms with Gasteiger partial charge in [0.05, 0.1) is 5.69 Å². The zero-order chi connectivity index (χ0) is 9.80. The zero-order valence-corrected chi connectivity index (χ0v) is 7.55. The Kier molecular flexibility index (Phi) is 2.36. The van der Waals surface area contributed by atoms with E-state index in [1.54, 1.807) is 12.2 Å². The molecule has 14 heavy (non-hydrogen) atoms. The van der Waals surface area contributed by atoms with Crippen molar-refractivity contribution in [2.45, 2.75) is 0 Å². The number of rotatable bonds is 1. The molecule has 2 heteroatoms. The van der Waals surface area contributed by atoms with E-state index in [9.17, 15) is 4.79 Å². The van der Waals surface area contributed by atoms with Gasteiger partial charge in [-0.25, -0.2) is 4.99 Å². The van der Waals surface area contributed by atoms with Crippen LogP contribution in [0.25, 0.3) is 0 Å². The smallest absolute Gasteiger partial charge is 0.204 e. The van der Waals surface area contributed by atoms with Gasteiger partial charge in [0.1, 0.15) is 5.71 Å². The van der Waals surface area contributed by atoms with E-state index in [0.717, 1.165) is 5.69 Å². The number of hydrogen-bond acceptors (Lipinski definition) is 2. The van der Waals surface area contributed by atoms with Crippen molar-refractivity contribution in [2.75, 3.05) is 0 Å². The summed E-state index contributed by atoms with van der Waals surface area (Å²) in [6.07, 6.45) is 6.76. The van der Waals surface area contributed by atoms with Crippen LogP contribution in [-0.4, -0.2) is 11.5 Å². The number of nitrogens with zero attached hydrogens (tertiary/aromatic N) is 1. The van der Waals surface area contributed by atoms with E-state index in [2.05, 4.69) is 4.99 Å². The van der Waals surface area contributed by atoms with Crippen molar-refractivity contribution < 1.29 is 4.79 Å². The predicted octanol–water partition coefficient (Wildman–Crippen LogP) is 2.45. The Hall–Kier alpha value is -1.96. The zero-order valence-electron chi connectivity index (χ0n) is 7.55. The molecular formula is C12H9NO. The maximum atomic E-state index is 11.3. The van der Waals surface area contributed by atoms with Gasteiger partial charge in [-0.05, 0) is 24.3 Å². The van der Waals surface area contributed by atoms with Crippen molar-refractivity contribution in [3.05, 3.63) is 54.6 Å². The highest BCUT2D eigenvalue weighted by molar-refractivity contribution is 6.49. The lowest BCUT2D eigenvalue weighted by molar-refractivity contribution is -0.108. The summed E-state index contributed by atoms with van der Waals surface area (Å²) in [5, 5.41) is 0. The van der Waals surface area contributed by atoms with E-state index in [1.165, 1.54) is 6.08 Å². The van der Waals surface area contributed by atoms with Gasteiger partial charge >= 0.3 is 0 Å². The largest absolute Gasteiger partial charge is 0.288 e. The molecule has 2 nitrogen and oxygen atoms in total. The third-order valence-corrected chi connectivity index (χ3v) is 1.87. The molecule has 0 unspecified atom stereocenters. The van der Waals surface area contributed by atoms with Gasteiger partial charge in [0.25, 0.3) is 0 Å². The van der Waals surface area contributed by atoms with E-state index in [1.807, 2.05) is 36.4 Å². The summed E-state index contributed by atoms with van der Waals surface area (Å²) in [5.41, 5.74) is 1.29. The van der Waals surface area contributed by atoms with Crippen molar-refractivity contribution in [1.29, 1.82) is 0 Å². The summed E-state index contributed by atoms with van der Waals surface area (Å²) in [5.74, 6) is -0.0450. The molecule has 0 N–H and O–H groups in total. The molecule has 0 aliphatic heterocycles. The molecule has 0 amide bonds. The van der Waals surface area contributed by atoms with Gasteiger partial charge in [0, 0.05) is 0 Å². The number of para-hydroxylation sites is 1. The molecule has 68 valence electrons. The summed E-state index contributed by atoms with van der Waals surface area (Å²) >= 11 is 0. The molecule has 1 aliphatic carbocycles. The van der Waals surface area contributed by atoms with E-state index >= 15 is 0 Å². The molecule has 0 atom stereocenters. The average molecular weight is 183 g/mol. The highest BCUT2D eigenvalue weighted by Gasteiger charge is 2.06. The monoisotopic (exact) mass is 183 g/mol. The minimum atomic E-state index is -0.0450. The molecule has 0 radical (unpaired) electrons. The summed E-state index contributed by atoms with van der Waals surface area (Å²) in [6, 6.07) is 9.44. The maximum absolute atomic E-state index is 11.3. The standard InChI is InChI=1S/C12H9NO/c14-12-9-5-4-8-11(12)13-10-6-2-1-3-7-10/h1-9H. The van der Waals surface area contributed by atoms with Crippen LogP contribution in [-0.2, 0) is 4.79 Å². The third-order valence-electron chi connectivity index (χ3n) is 1.87. The van der Waals surface area contributed by atoms with Crippen molar-refractivity contribution in [3.8, 4) is 0 Å². The Morgan fingerprint density at radius 1 is 0.929 bits per heavy atom. The van der Waals surface area contributed by atoms with E-state index < -0.39 is 0 Å². The van der Waals surface area contributed by atoms with Crippen LogP contribution in [0.1, 0.15) is 0 Å². The van der Waals surface area contributed by atoms with E-state index in [4.69, 9.17) is 0 Å². The third kappa shape index (κ3) is 1.85. The van der Waals surface area contributed by atoms with Crippen molar-refractivity contribution >= 4 is 17.2 Å². The number of benzene rings is 1. The molecule has 0 saturated heterocycles. The number of aliphatic imine (C=N–C) groups is 1. The van der Waals surface area contributed by atoms with Crippen LogP contribution in [0.2, 0.25) is 0 Å². The topological polar surface area (TPSA) is 29.4 Å². The number of allylic oxidation sites excluding steroid dienone is 4. The van der Waals surface area contributed by atoms with Gasteiger partial charge in [0.2, 0.25) is 5.78 Å². The predicted molar refractivity (Wildman–Crippen MR) is 56.8 cm³/mol. The summed E-state index contributed by atoms with van der Waals surface area (Å²) < 4.78 is 0. The van der Waals surface area contributed by atoms with Crippen LogP contribution < -0.4 is 0 Å². The van der Waals surface area contributed by atoms with E-state index in [-0.39, 0.29) is 5.78 Å². The summed E-state index contributed by atoms with van der Waals surface area (Å²) in [7, 11) is 0. The normalized spacial score (nSPS) is 17.7. The first-order valence-electron chi connectivity index (χ1n) is 4.39. The van der Waals surface area contributed by atoms with Crippen LogP contribution in [0.4, 0.5) is 5.69 Å². The number of carbonyl (C=O) groups is 1. The summed E-state index contributed by atoms with van der Waals surface area (Å²) in [4.78, 5) is 15.6. The molecule has 0 fully saturated rings. The molecule has 1 aromatic rings. The molecule has 0 spiro atoms. The molecule has 1 aliphatic rings. The Bertz CT molecular complexity index is 427. The van der Waals surface area contributed by atoms with Crippen molar-refractivity contribution in [3.63, 3.8) is 0 Å². The molecule has 2 rings (SSSR count). The molecule has 1 aromatic carbocycles. The number of hydrogen-bond donors (Lipinski definition) is 0. The van der Waals surface area contributed by atoms with Gasteiger partial charge in [-0.2, -0.15) is 0 Å². The van der Waals surface area contributed by atoms with Gasteiger partial charge in [-0.3, -0.25) is 4.79 Å². The first-order valence-corrected chi connectivity index (χ1v) is 4.39. The van der Waals surface area contributed by atoms with Crippen LogP contribution in [0.3, 0.4) is 0 Å². The van der Waals surface area contributed by atoms with Crippen LogP contribution in [0.5, 0.6) is 0 Å². The Balaban J connectivity index is 2.32. The minimum Gasteiger partial charge on any atom is -0.288 e. The van der Waals surface area contributed by atoms with Gasteiger partial charge in [0.15, 0.2) is 0 Å². The van der Waals surface area contributed by atoms with Gasteiger partial charge < -0.3 is 0 Å². The van der Waals surface area contributed by atoms with Crippen LogP contribution in [0.15, 0.2) is 59.6 Å². The number of ketones is 1. The SMILES string of the molecule is O=C1C=CC=CC1=Nc1ccccc1. The first kappa shape index (κ1) is 8.63. The molecular weight excluding hydrogens is 174 g/mol. The second-order valence-corrected chi connectivity index (χ2v) is 2.92. The summed E-state index contributed by atoms with van der Waals surface area (Å²) in [6.45, 7) is 0. The fourth-order valence-corrected chi connectivity index (χ4v) is 1.19. The van der Waals surface area contributed by atoms with Crippen LogP contribution >= 0.6 is 0 Å². The van der Waals surface area contributed by atoms with E-state index in [0.29, 0.717) is 5.71 Å². The number of carbonyl (C=O) groups excluding carboxylic acids is 1. The first-order chi connectivity index (χ1) is 6.86. The second kappa shape index (κ2) is 3.83. The van der Waals surface area contributed by atoms with Crippen molar-refractivity contribution in [2.24, 2.45) is 4.99 Å². The molecule has 0 heterocycles. The Morgan fingerprint density at radius 2 is 1.64 bits per heavy atom. The highest BCUT2D eigenvalue weighted by Crippen LogP contribution is 2.11. The van der Waals surface area contributed by atoms with Crippen molar-refractivity contribution in [1.82, 2.24) is 0 Å². The molecule has 0 aromatic heterocycles. The average Bonchev–Trinajstić information content (AvgIpc) is 2.23. The Labute approximate surface area is 82.3 Å². The minimum absolute atomic E-state index is 0.0450. The fourth-order valence-electron chi connectivity index (χ4n) is 1.19. The van der Waals surface area contributed by atoms with Gasteiger partial charge in [-0.1, -0.05) is 30.4 Å². The molecule has 0 saturated carbocycles. The quantitative estimate of drug-likeness (QED) is 0.615. The lowest BCUT2D eigenvalue weighted by Crippen LogP contribution is -2.09. The Morgan fingerprint density at radius 3 is 2.36 bits per heavy atom. The highest BCUT2D eigenvalue weighted by atomic mass is 16.1. The lowest BCUT2D eigenvalue weighted by atomic mass is 10.1. The lowest BCUT2D eigenvalue weighted by Gasteiger charge is -1.99. The maximum Gasteiger partial charge on any atom is 0.204 e. The molecule has 0 bridgehead atoms. The fraction of sp³-hybridized carbons (Fsp3) is 0. The van der Waals surface area contributed by atoms with Crippen LogP contribution in [0, 0.1) is 0 Å².